The van der Waals surface area contributed by atoms with Crippen molar-refractivity contribution in [2.24, 2.45) is 0 Å². The Bertz CT molecular complexity index is 648. The highest BCUT2D eigenvalue weighted by Gasteiger charge is 2.31. The van der Waals surface area contributed by atoms with Gasteiger partial charge in [-0.2, -0.15) is 5.10 Å². The minimum absolute atomic E-state index is 0.250. The molecule has 1 unspecified atom stereocenters. The highest BCUT2D eigenvalue weighted by molar-refractivity contribution is 6.00. The fourth-order valence-electron chi connectivity index (χ4n) is 2.03. The number of piperidine rings is 1. The Morgan fingerprint density at radius 2 is 2.28 bits per heavy atom. The lowest BCUT2D eigenvalue weighted by Crippen LogP contribution is -2.39. The predicted molar refractivity (Wildman–Crippen MR) is 62.5 cm³/mol. The summed E-state index contributed by atoms with van der Waals surface area (Å²) in [6.07, 6.45) is 2.46. The maximum Gasteiger partial charge on any atom is 0.237 e. The van der Waals surface area contributed by atoms with Crippen molar-refractivity contribution >= 4 is 23.1 Å². The number of nitrogens with two attached hydrogens (primary N) is 1. The van der Waals surface area contributed by atoms with Crippen LogP contribution < -0.4 is 11.1 Å². The van der Waals surface area contributed by atoms with Gasteiger partial charge in [0.05, 0.1) is 5.69 Å². The first-order chi connectivity index (χ1) is 8.65. The summed E-state index contributed by atoms with van der Waals surface area (Å²) in [4.78, 5) is 27.1. The molecule has 7 nitrogen and oxygen atoms in total. The van der Waals surface area contributed by atoms with Gasteiger partial charge in [0.15, 0.2) is 11.5 Å². The average Bonchev–Trinajstić information content (AvgIpc) is 2.74. The van der Waals surface area contributed by atoms with Gasteiger partial charge in [-0.3, -0.25) is 14.9 Å². The molecule has 1 atom stereocenters. The normalized spacial score (nSPS) is 20.1. The van der Waals surface area contributed by atoms with Crippen LogP contribution in [0, 0.1) is 0 Å². The molecular formula is C11H11N5O2. The number of hydrogen-bond donors (Lipinski definition) is 2. The Labute approximate surface area is 102 Å². The number of imide groups is 1. The molecule has 3 N–H and O–H groups in total. The Balaban J connectivity index is 2.02. The summed E-state index contributed by atoms with van der Waals surface area (Å²) < 4.78 is 1.54. The Hall–Kier alpha value is -2.44. The molecule has 3 heterocycles. The van der Waals surface area contributed by atoms with E-state index >= 15 is 0 Å². The first-order valence-electron chi connectivity index (χ1n) is 5.59. The molecule has 2 aromatic rings. The summed E-state index contributed by atoms with van der Waals surface area (Å²) in [5.74, 6) is -0.680. The Morgan fingerprint density at radius 1 is 1.44 bits per heavy atom. The third kappa shape index (κ3) is 1.60. The summed E-state index contributed by atoms with van der Waals surface area (Å²) in [6, 6.07) is 3.48. The van der Waals surface area contributed by atoms with Crippen molar-refractivity contribution in [3.63, 3.8) is 0 Å². The topological polar surface area (TPSA) is 102 Å². The van der Waals surface area contributed by atoms with Crippen molar-refractivity contribution in [1.29, 1.82) is 0 Å². The molecular weight excluding hydrogens is 234 g/mol. The van der Waals surface area contributed by atoms with E-state index in [1.54, 1.807) is 18.3 Å². The van der Waals surface area contributed by atoms with Crippen LogP contribution >= 0.6 is 0 Å². The molecule has 92 valence electrons. The monoisotopic (exact) mass is 245 g/mol. The van der Waals surface area contributed by atoms with Crippen LogP contribution in [0.2, 0.25) is 0 Å². The molecule has 1 fully saturated rings. The number of nitrogen functional groups attached to an aromatic ring is 1. The van der Waals surface area contributed by atoms with Crippen LogP contribution in [0.5, 0.6) is 0 Å². The van der Waals surface area contributed by atoms with Crippen molar-refractivity contribution in [3.05, 3.63) is 24.2 Å². The van der Waals surface area contributed by atoms with E-state index in [1.165, 1.54) is 4.52 Å². The van der Waals surface area contributed by atoms with Crippen LogP contribution in [-0.2, 0) is 9.59 Å². The second-order valence-electron chi connectivity index (χ2n) is 4.21. The zero-order chi connectivity index (χ0) is 12.7. The van der Waals surface area contributed by atoms with Gasteiger partial charge in [0.25, 0.3) is 0 Å². The van der Waals surface area contributed by atoms with Crippen molar-refractivity contribution in [2.75, 3.05) is 5.73 Å². The smallest absolute Gasteiger partial charge is 0.237 e. The van der Waals surface area contributed by atoms with E-state index in [0.717, 1.165) is 0 Å². The maximum atomic E-state index is 11.7. The summed E-state index contributed by atoms with van der Waals surface area (Å²) in [5, 5.41) is 6.51. The SMILES string of the molecule is Nc1cccn2nc(C3CCC(=O)NC3=O)nc12. The number of carbonyl (C=O) groups is 2. The minimum Gasteiger partial charge on any atom is -0.396 e. The van der Waals surface area contributed by atoms with E-state index in [-0.39, 0.29) is 11.8 Å². The number of aromatic nitrogens is 3. The van der Waals surface area contributed by atoms with Crippen LogP contribution in [0.1, 0.15) is 24.6 Å². The molecule has 0 bridgehead atoms. The molecule has 0 saturated carbocycles. The number of amides is 2. The van der Waals surface area contributed by atoms with Crippen molar-refractivity contribution in [2.45, 2.75) is 18.8 Å². The maximum absolute atomic E-state index is 11.7. The number of carbonyl (C=O) groups excluding carboxylic acids is 2. The first-order valence-corrected chi connectivity index (χ1v) is 5.59. The number of nitrogens with zero attached hydrogens (tertiary/aromatic N) is 3. The number of anilines is 1. The molecule has 18 heavy (non-hydrogen) atoms. The van der Waals surface area contributed by atoms with E-state index in [4.69, 9.17) is 5.73 Å². The summed E-state index contributed by atoms with van der Waals surface area (Å²) in [7, 11) is 0. The zero-order valence-electron chi connectivity index (χ0n) is 9.46. The van der Waals surface area contributed by atoms with Gasteiger partial charge in [-0.05, 0) is 18.6 Å². The zero-order valence-corrected chi connectivity index (χ0v) is 9.46. The van der Waals surface area contributed by atoms with E-state index in [1.807, 2.05) is 0 Å². The van der Waals surface area contributed by atoms with Gasteiger partial charge in [0, 0.05) is 12.6 Å². The highest BCUT2D eigenvalue weighted by atomic mass is 16.2. The number of nitrogens with one attached hydrogen (secondary N) is 1. The fourth-order valence-corrected chi connectivity index (χ4v) is 2.03. The average molecular weight is 245 g/mol. The van der Waals surface area contributed by atoms with Crippen LogP contribution in [0.15, 0.2) is 18.3 Å². The van der Waals surface area contributed by atoms with Gasteiger partial charge < -0.3 is 5.73 Å². The molecule has 0 spiro atoms. The predicted octanol–water partition coefficient (Wildman–Crippen LogP) is -0.168. The van der Waals surface area contributed by atoms with Gasteiger partial charge >= 0.3 is 0 Å². The highest BCUT2D eigenvalue weighted by Crippen LogP contribution is 2.23. The van der Waals surface area contributed by atoms with E-state index in [9.17, 15) is 9.59 Å². The van der Waals surface area contributed by atoms with Gasteiger partial charge in [0.1, 0.15) is 5.92 Å². The van der Waals surface area contributed by atoms with Crippen LogP contribution in [-0.4, -0.2) is 26.4 Å². The lowest BCUT2D eigenvalue weighted by molar-refractivity contribution is -0.134. The number of rotatable bonds is 1. The lowest BCUT2D eigenvalue weighted by atomic mass is 9.98. The molecule has 1 aliphatic heterocycles. The molecule has 0 aromatic carbocycles. The molecule has 2 amide bonds. The number of pyridine rings is 1. The van der Waals surface area contributed by atoms with Gasteiger partial charge in [-0.1, -0.05) is 0 Å². The molecule has 7 heteroatoms. The summed E-state index contributed by atoms with van der Waals surface area (Å²) >= 11 is 0. The molecule has 2 aromatic heterocycles. The van der Waals surface area contributed by atoms with E-state index < -0.39 is 5.92 Å². The minimum atomic E-state index is -0.484. The third-order valence-corrected chi connectivity index (χ3v) is 2.96. The molecule has 1 saturated heterocycles. The van der Waals surface area contributed by atoms with E-state index in [2.05, 4.69) is 15.4 Å². The van der Waals surface area contributed by atoms with Crippen molar-refractivity contribution in [1.82, 2.24) is 19.9 Å². The molecule has 1 aliphatic rings. The number of hydrogen-bond acceptors (Lipinski definition) is 5. The molecule has 0 aliphatic carbocycles. The second-order valence-corrected chi connectivity index (χ2v) is 4.21. The summed E-state index contributed by atoms with van der Waals surface area (Å²) in [5.41, 5.74) is 6.81. The molecule has 0 radical (unpaired) electrons. The van der Waals surface area contributed by atoms with Crippen LogP contribution in [0.4, 0.5) is 5.69 Å². The quantitative estimate of drug-likeness (QED) is 0.679. The first kappa shape index (κ1) is 10.7. The number of fused-ring (bicyclic) bond motifs is 1. The van der Waals surface area contributed by atoms with Crippen LogP contribution in [0.25, 0.3) is 5.65 Å². The molecule has 3 rings (SSSR count). The van der Waals surface area contributed by atoms with Crippen molar-refractivity contribution < 1.29 is 9.59 Å². The Morgan fingerprint density at radius 3 is 3.00 bits per heavy atom. The van der Waals surface area contributed by atoms with Gasteiger partial charge in [-0.25, -0.2) is 9.50 Å². The largest absolute Gasteiger partial charge is 0.396 e. The van der Waals surface area contributed by atoms with Crippen molar-refractivity contribution in [3.8, 4) is 0 Å². The van der Waals surface area contributed by atoms with E-state index in [0.29, 0.717) is 30.0 Å². The standard InChI is InChI=1S/C11H11N5O2/c12-7-2-1-5-16-10(7)14-9(15-16)6-3-4-8(17)13-11(6)18/h1-2,5-6H,3-4,12H2,(H,13,17,18). The fraction of sp³-hybridized carbons (Fsp3) is 0.273. The Kier molecular flexibility index (Phi) is 2.26. The van der Waals surface area contributed by atoms with Crippen LogP contribution in [0.3, 0.4) is 0 Å². The lowest BCUT2D eigenvalue weighted by Gasteiger charge is -2.17. The second kappa shape index (κ2) is 3.80. The van der Waals surface area contributed by atoms with Gasteiger partial charge in [-0.15, -0.1) is 0 Å². The van der Waals surface area contributed by atoms with Gasteiger partial charge in [0.2, 0.25) is 11.8 Å². The third-order valence-electron chi connectivity index (χ3n) is 2.96. The summed E-state index contributed by atoms with van der Waals surface area (Å²) in [6.45, 7) is 0.